The number of hydrogen-bond donors (Lipinski definition) is 1. The predicted octanol–water partition coefficient (Wildman–Crippen LogP) is 6.45. The van der Waals surface area contributed by atoms with E-state index in [1.807, 2.05) is 6.07 Å². The Morgan fingerprint density at radius 3 is 2.29 bits per heavy atom. The molecule has 1 atom stereocenters. The number of allylic oxidation sites excluding steroid dienone is 1. The number of nitrogens with zero attached hydrogens (tertiary/aromatic N) is 1. The summed E-state index contributed by atoms with van der Waals surface area (Å²) in [6, 6.07) is 9.66. The largest absolute Gasteiger partial charge is 0.416 e. The Kier molecular flexibility index (Phi) is 8.49. The third-order valence-electron chi connectivity index (χ3n) is 7.15. The van der Waals surface area contributed by atoms with Crippen LogP contribution in [0.3, 0.4) is 0 Å². The monoisotopic (exact) mass is 558 g/mol. The lowest BCUT2D eigenvalue weighted by atomic mass is 9.74. The highest BCUT2D eigenvalue weighted by atomic mass is 32.2. The predicted molar refractivity (Wildman–Crippen MR) is 134 cm³/mol. The van der Waals surface area contributed by atoms with Gasteiger partial charge in [0.1, 0.15) is 5.25 Å². The van der Waals surface area contributed by atoms with Crippen LogP contribution < -0.4 is 5.32 Å². The molecule has 0 aromatic heterocycles. The summed E-state index contributed by atoms with van der Waals surface area (Å²) in [5.74, 6) is -0.510. The number of carbonyl (C=O) groups excluding carboxylic acids is 1. The highest BCUT2D eigenvalue weighted by molar-refractivity contribution is 7.96. The zero-order valence-electron chi connectivity index (χ0n) is 20.7. The fraction of sp³-hybridized carbons (Fsp3) is 0.444. The number of carbonyl (C=O) groups is 1. The molecule has 1 amide bonds. The first-order chi connectivity index (χ1) is 17.9. The van der Waals surface area contributed by atoms with Crippen molar-refractivity contribution >= 4 is 24.0 Å². The molecule has 1 aliphatic heterocycles. The van der Waals surface area contributed by atoms with Gasteiger partial charge in [-0.2, -0.15) is 26.3 Å². The number of amides is 1. The molecular weight excluding hydrogens is 530 g/mol. The van der Waals surface area contributed by atoms with E-state index in [4.69, 9.17) is 4.18 Å². The minimum atomic E-state index is -4.95. The fourth-order valence-corrected chi connectivity index (χ4v) is 5.71. The molecule has 1 N–H and O–H groups in total. The quantitative estimate of drug-likeness (QED) is 0.299. The molecule has 1 heterocycles. The Morgan fingerprint density at radius 2 is 1.68 bits per heavy atom. The van der Waals surface area contributed by atoms with Gasteiger partial charge >= 0.3 is 12.4 Å². The van der Waals surface area contributed by atoms with E-state index in [9.17, 15) is 31.1 Å². The van der Waals surface area contributed by atoms with Crippen molar-refractivity contribution in [2.24, 2.45) is 0 Å². The van der Waals surface area contributed by atoms with Crippen LogP contribution in [0.4, 0.5) is 26.3 Å². The first kappa shape index (κ1) is 28.5. The van der Waals surface area contributed by atoms with Crippen molar-refractivity contribution in [1.82, 2.24) is 10.2 Å². The number of benzene rings is 2. The Balaban J connectivity index is 1.34. The molecule has 1 spiro atoms. The number of hydrogen-bond acceptors (Lipinski definition) is 4. The van der Waals surface area contributed by atoms with E-state index < -0.39 is 41.2 Å². The number of likely N-dealkylation sites (tertiary alicyclic amines) is 1. The standard InChI is InChI=1S/C27H28F6N2O2S/c1-37-38-23(7-11-35-12-9-25(10-13-35)8-6-19-4-2-3-5-22(19)25)24(36)34-17-18-14-20(26(28,29)30)16-21(15-18)27(31,32)33/h2-6,8,14-16,23H,7,9-13,17H2,1H3,(H,34,36). The molecule has 11 heteroatoms. The molecule has 4 rings (SSSR count). The van der Waals surface area contributed by atoms with Crippen LogP contribution in [-0.2, 0) is 33.3 Å². The van der Waals surface area contributed by atoms with Gasteiger partial charge in [0.25, 0.3) is 0 Å². The molecule has 1 unspecified atom stereocenters. The van der Waals surface area contributed by atoms with E-state index in [-0.39, 0.29) is 17.0 Å². The number of nitrogens with one attached hydrogen (secondary N) is 1. The van der Waals surface area contributed by atoms with Crippen molar-refractivity contribution in [2.45, 2.75) is 48.8 Å². The summed E-state index contributed by atoms with van der Waals surface area (Å²) in [5, 5.41) is 1.81. The van der Waals surface area contributed by atoms with E-state index in [1.165, 1.54) is 18.2 Å². The van der Waals surface area contributed by atoms with Gasteiger partial charge in [-0.15, -0.1) is 0 Å². The Labute approximate surface area is 221 Å². The Morgan fingerprint density at radius 1 is 1.05 bits per heavy atom. The third kappa shape index (κ3) is 6.55. The van der Waals surface area contributed by atoms with Crippen LogP contribution in [0.15, 0.2) is 48.5 Å². The zero-order chi connectivity index (χ0) is 27.6. The molecule has 38 heavy (non-hydrogen) atoms. The molecule has 1 fully saturated rings. The molecule has 2 aliphatic rings. The molecule has 4 nitrogen and oxygen atoms in total. The van der Waals surface area contributed by atoms with Crippen molar-refractivity contribution in [3.8, 4) is 0 Å². The highest BCUT2D eigenvalue weighted by Gasteiger charge is 2.39. The maximum Gasteiger partial charge on any atom is 0.416 e. The SMILES string of the molecule is COSC(CCN1CCC2(C=Cc3ccccc32)CC1)C(=O)NCc1cc(C(F)(F)F)cc(C(F)(F)F)c1. The minimum absolute atomic E-state index is 0.0331. The van der Waals surface area contributed by atoms with Gasteiger partial charge in [-0.1, -0.05) is 36.4 Å². The number of alkyl halides is 6. The average molecular weight is 559 g/mol. The summed E-state index contributed by atoms with van der Waals surface area (Å²) >= 11 is 0.923. The lowest BCUT2D eigenvalue weighted by Crippen LogP contribution is -2.43. The van der Waals surface area contributed by atoms with Crippen LogP contribution in [0.2, 0.25) is 0 Å². The van der Waals surface area contributed by atoms with E-state index in [1.54, 1.807) is 0 Å². The summed E-state index contributed by atoms with van der Waals surface area (Å²) < 4.78 is 83.9. The molecule has 206 valence electrons. The van der Waals surface area contributed by atoms with Gasteiger partial charge in [0.05, 0.1) is 18.2 Å². The normalized spacial score (nSPS) is 18.0. The van der Waals surface area contributed by atoms with Crippen LogP contribution >= 0.6 is 12.0 Å². The number of halogens is 6. The molecule has 2 aromatic rings. The second-order valence-electron chi connectivity index (χ2n) is 9.59. The lowest BCUT2D eigenvalue weighted by Gasteiger charge is -2.39. The van der Waals surface area contributed by atoms with Crippen LogP contribution in [0.1, 0.15) is 47.1 Å². The molecular formula is C27H28F6N2O2S. The van der Waals surface area contributed by atoms with Crippen LogP contribution in [0.5, 0.6) is 0 Å². The number of piperidine rings is 1. The first-order valence-corrected chi connectivity index (χ1v) is 13.0. The molecule has 1 aliphatic carbocycles. The van der Waals surface area contributed by atoms with Crippen LogP contribution in [0, 0.1) is 0 Å². The topological polar surface area (TPSA) is 41.6 Å². The van der Waals surface area contributed by atoms with Crippen molar-refractivity contribution in [1.29, 1.82) is 0 Å². The minimum Gasteiger partial charge on any atom is -0.351 e. The molecule has 1 saturated heterocycles. The van der Waals surface area contributed by atoms with Gasteiger partial charge < -0.3 is 14.4 Å². The van der Waals surface area contributed by atoms with Crippen molar-refractivity contribution in [3.63, 3.8) is 0 Å². The summed E-state index contributed by atoms with van der Waals surface area (Å²) in [7, 11) is 1.40. The molecule has 0 bridgehead atoms. The van der Waals surface area contributed by atoms with Gasteiger partial charge in [0.15, 0.2) is 0 Å². The smallest absolute Gasteiger partial charge is 0.351 e. The molecule has 0 saturated carbocycles. The summed E-state index contributed by atoms with van der Waals surface area (Å²) in [6.07, 6.45) is -3.12. The number of fused-ring (bicyclic) bond motifs is 2. The second-order valence-corrected chi connectivity index (χ2v) is 10.7. The van der Waals surface area contributed by atoms with Gasteiger partial charge in [-0.25, -0.2) is 0 Å². The van der Waals surface area contributed by atoms with Gasteiger partial charge in [-0.05, 0) is 73.8 Å². The summed E-state index contributed by atoms with van der Waals surface area (Å²) in [6.45, 7) is 1.83. The van der Waals surface area contributed by atoms with Crippen molar-refractivity contribution in [2.75, 3.05) is 26.7 Å². The van der Waals surface area contributed by atoms with Crippen LogP contribution in [-0.4, -0.2) is 42.8 Å². The molecule has 2 aromatic carbocycles. The Hall–Kier alpha value is -2.50. The maximum atomic E-state index is 13.1. The fourth-order valence-electron chi connectivity index (χ4n) is 5.11. The van der Waals surface area contributed by atoms with E-state index in [2.05, 4.69) is 40.6 Å². The first-order valence-electron chi connectivity index (χ1n) is 12.2. The van der Waals surface area contributed by atoms with Gasteiger partial charge in [0.2, 0.25) is 5.91 Å². The van der Waals surface area contributed by atoms with E-state index in [0.29, 0.717) is 25.1 Å². The number of rotatable bonds is 8. The van der Waals surface area contributed by atoms with Gasteiger partial charge in [0, 0.05) is 24.0 Å². The zero-order valence-corrected chi connectivity index (χ0v) is 21.5. The van der Waals surface area contributed by atoms with Gasteiger partial charge in [-0.3, -0.25) is 4.79 Å². The summed E-state index contributed by atoms with van der Waals surface area (Å²) in [4.78, 5) is 15.1. The molecule has 0 radical (unpaired) electrons. The van der Waals surface area contributed by atoms with Crippen molar-refractivity contribution in [3.05, 3.63) is 76.4 Å². The third-order valence-corrected chi connectivity index (χ3v) is 8.03. The van der Waals surface area contributed by atoms with E-state index in [0.717, 1.165) is 38.0 Å². The maximum absolute atomic E-state index is 13.1. The highest BCUT2D eigenvalue weighted by Crippen LogP contribution is 2.43. The lowest BCUT2D eigenvalue weighted by molar-refractivity contribution is -0.143. The average Bonchev–Trinajstić information content (AvgIpc) is 3.23. The van der Waals surface area contributed by atoms with Crippen LogP contribution in [0.25, 0.3) is 6.08 Å². The van der Waals surface area contributed by atoms with E-state index >= 15 is 0 Å². The summed E-state index contributed by atoms with van der Waals surface area (Å²) in [5.41, 5.74) is -0.491. The Bertz CT molecular complexity index is 1140. The van der Waals surface area contributed by atoms with Crippen molar-refractivity contribution < 1.29 is 35.3 Å². The second kappa shape index (κ2) is 11.3.